The largest absolute Gasteiger partial charge is 0.462 e. The number of carbonyl (C=O) groups is 3. The van der Waals surface area contributed by atoms with Crippen molar-refractivity contribution in [3.8, 4) is 0 Å². The highest BCUT2D eigenvalue weighted by Gasteiger charge is 2.19. The molecule has 2 unspecified atom stereocenters. The van der Waals surface area contributed by atoms with Crippen LogP contribution in [0.15, 0.2) is 0 Å². The molecule has 0 saturated heterocycles. The lowest BCUT2D eigenvalue weighted by Gasteiger charge is -2.18. The minimum Gasteiger partial charge on any atom is -0.462 e. The van der Waals surface area contributed by atoms with Crippen molar-refractivity contribution in [1.82, 2.24) is 0 Å². The minimum absolute atomic E-state index is 0.0662. The van der Waals surface area contributed by atoms with E-state index in [-0.39, 0.29) is 31.1 Å². The second kappa shape index (κ2) is 40.6. The Morgan fingerprint density at radius 2 is 0.636 bits per heavy atom. The molecule has 6 nitrogen and oxygen atoms in total. The lowest BCUT2D eigenvalue weighted by atomic mass is 9.99. The van der Waals surface area contributed by atoms with Crippen LogP contribution in [-0.2, 0) is 28.6 Å². The van der Waals surface area contributed by atoms with Gasteiger partial charge in [-0.05, 0) is 37.0 Å². The second-order valence-electron chi connectivity index (χ2n) is 17.7. The Bertz CT molecular complexity index is 856. The van der Waals surface area contributed by atoms with Crippen molar-refractivity contribution in [1.29, 1.82) is 0 Å². The number of esters is 3. The SMILES string of the molecule is CCC(C)CCCCCCCCCCCCC(=O)O[C@H](COC(=O)CCCCCCCCCCC(C)C)COC(=O)CCCCCCCCCCC(C)CC. The topological polar surface area (TPSA) is 78.9 Å². The van der Waals surface area contributed by atoms with Gasteiger partial charge >= 0.3 is 17.9 Å². The van der Waals surface area contributed by atoms with Crippen molar-refractivity contribution in [2.24, 2.45) is 17.8 Å². The van der Waals surface area contributed by atoms with Gasteiger partial charge in [-0.2, -0.15) is 0 Å². The Morgan fingerprint density at radius 1 is 0.364 bits per heavy atom. The van der Waals surface area contributed by atoms with Gasteiger partial charge in [-0.25, -0.2) is 0 Å². The van der Waals surface area contributed by atoms with E-state index < -0.39 is 6.10 Å². The normalized spacial score (nSPS) is 13.1. The van der Waals surface area contributed by atoms with Crippen LogP contribution >= 0.6 is 0 Å². The van der Waals surface area contributed by atoms with Crippen molar-refractivity contribution in [3.05, 3.63) is 0 Å². The summed E-state index contributed by atoms with van der Waals surface area (Å²) in [6.07, 6.45) is 37.9. The maximum Gasteiger partial charge on any atom is 0.306 e. The summed E-state index contributed by atoms with van der Waals surface area (Å²) in [4.78, 5) is 37.8. The molecule has 6 heteroatoms. The van der Waals surface area contributed by atoms with Crippen molar-refractivity contribution < 1.29 is 28.6 Å². The van der Waals surface area contributed by atoms with Crippen molar-refractivity contribution in [3.63, 3.8) is 0 Å². The summed E-state index contributed by atoms with van der Waals surface area (Å²) in [7, 11) is 0. The number of carbonyl (C=O) groups excluding carboxylic acids is 3. The predicted octanol–water partition coefficient (Wildman–Crippen LogP) is 15.2. The van der Waals surface area contributed by atoms with Crippen LogP contribution in [0.4, 0.5) is 0 Å². The summed E-state index contributed by atoms with van der Waals surface area (Å²) in [5.74, 6) is 1.65. The quantitative estimate of drug-likeness (QED) is 0.0349. The predicted molar refractivity (Wildman–Crippen MR) is 233 cm³/mol. The molecular formula is C49H94O6. The van der Waals surface area contributed by atoms with Gasteiger partial charge in [0.25, 0.3) is 0 Å². The first-order valence-corrected chi connectivity index (χ1v) is 24.2. The Morgan fingerprint density at radius 3 is 0.945 bits per heavy atom. The standard InChI is InChI=1S/C49H94O6/c1-7-44(5)36-30-24-18-11-9-10-12-22-28-34-40-49(52)55-46(41-53-47(50)38-32-26-20-15-13-17-23-29-35-43(3)4)42-54-48(51)39-33-27-21-16-14-19-25-31-37-45(6)8-2/h43-46H,7-42H2,1-6H3/t44?,45?,46-/m1/s1. The molecule has 0 aliphatic rings. The highest BCUT2D eigenvalue weighted by Crippen LogP contribution is 2.18. The summed E-state index contributed by atoms with van der Waals surface area (Å²) in [5.41, 5.74) is 0. The maximum atomic E-state index is 12.7. The summed E-state index contributed by atoms with van der Waals surface area (Å²) >= 11 is 0. The molecule has 0 heterocycles. The van der Waals surface area contributed by atoms with Crippen LogP contribution in [-0.4, -0.2) is 37.2 Å². The first kappa shape index (κ1) is 53.4. The number of unbranched alkanes of at least 4 members (excludes halogenated alkanes) is 23. The molecule has 0 N–H and O–H groups in total. The first-order valence-electron chi connectivity index (χ1n) is 24.2. The van der Waals surface area contributed by atoms with E-state index in [0.29, 0.717) is 19.3 Å². The molecule has 0 rings (SSSR count). The fraction of sp³-hybridized carbons (Fsp3) is 0.939. The Balaban J connectivity index is 4.36. The van der Waals surface area contributed by atoms with Crippen molar-refractivity contribution in [2.45, 2.75) is 266 Å². The van der Waals surface area contributed by atoms with E-state index in [0.717, 1.165) is 75.5 Å². The summed E-state index contributed by atoms with van der Waals surface area (Å²) in [6.45, 7) is 13.7. The summed E-state index contributed by atoms with van der Waals surface area (Å²) in [5, 5.41) is 0. The minimum atomic E-state index is -0.762. The second-order valence-corrected chi connectivity index (χ2v) is 17.7. The third-order valence-corrected chi connectivity index (χ3v) is 11.6. The van der Waals surface area contributed by atoms with E-state index in [1.54, 1.807) is 0 Å². The van der Waals surface area contributed by atoms with E-state index >= 15 is 0 Å². The van der Waals surface area contributed by atoms with Crippen LogP contribution in [0, 0.1) is 17.8 Å². The maximum absolute atomic E-state index is 12.7. The molecule has 0 fully saturated rings. The van der Waals surface area contributed by atoms with Gasteiger partial charge in [-0.3, -0.25) is 14.4 Å². The Labute approximate surface area is 342 Å². The van der Waals surface area contributed by atoms with E-state index in [1.807, 2.05) is 0 Å². The van der Waals surface area contributed by atoms with Crippen molar-refractivity contribution >= 4 is 17.9 Å². The van der Waals surface area contributed by atoms with Crippen LogP contribution in [0.1, 0.15) is 260 Å². The third kappa shape index (κ3) is 40.4. The zero-order valence-electron chi connectivity index (χ0n) is 37.7. The van der Waals surface area contributed by atoms with Crippen LogP contribution < -0.4 is 0 Å². The van der Waals surface area contributed by atoms with Crippen LogP contribution in [0.25, 0.3) is 0 Å². The molecule has 0 aromatic rings. The van der Waals surface area contributed by atoms with E-state index in [4.69, 9.17) is 14.2 Å². The van der Waals surface area contributed by atoms with Gasteiger partial charge < -0.3 is 14.2 Å². The monoisotopic (exact) mass is 779 g/mol. The van der Waals surface area contributed by atoms with Gasteiger partial charge in [0.15, 0.2) is 6.10 Å². The molecule has 0 saturated carbocycles. The highest BCUT2D eigenvalue weighted by molar-refractivity contribution is 5.71. The molecule has 3 atom stereocenters. The molecule has 0 spiro atoms. The Hall–Kier alpha value is -1.59. The number of ether oxygens (including phenoxy) is 3. The van der Waals surface area contributed by atoms with Crippen LogP contribution in [0.5, 0.6) is 0 Å². The van der Waals surface area contributed by atoms with E-state index in [9.17, 15) is 14.4 Å². The third-order valence-electron chi connectivity index (χ3n) is 11.6. The average Bonchev–Trinajstić information content (AvgIpc) is 3.17. The summed E-state index contributed by atoms with van der Waals surface area (Å²) < 4.78 is 16.8. The molecule has 0 bridgehead atoms. The van der Waals surface area contributed by atoms with Crippen molar-refractivity contribution in [2.75, 3.05) is 13.2 Å². The smallest absolute Gasteiger partial charge is 0.306 e. The van der Waals surface area contributed by atoms with Crippen LogP contribution in [0.3, 0.4) is 0 Å². The Kier molecular flexibility index (Phi) is 39.4. The molecule has 0 aromatic heterocycles. The molecule has 0 amide bonds. The van der Waals surface area contributed by atoms with Gasteiger partial charge in [0.1, 0.15) is 13.2 Å². The molecule has 0 aliphatic carbocycles. The number of rotatable bonds is 42. The summed E-state index contributed by atoms with van der Waals surface area (Å²) in [6, 6.07) is 0. The van der Waals surface area contributed by atoms with Gasteiger partial charge in [-0.1, -0.05) is 221 Å². The molecular weight excluding hydrogens is 685 g/mol. The highest BCUT2D eigenvalue weighted by atomic mass is 16.6. The van der Waals surface area contributed by atoms with Gasteiger partial charge in [-0.15, -0.1) is 0 Å². The molecule has 0 radical (unpaired) electrons. The lowest BCUT2D eigenvalue weighted by Crippen LogP contribution is -2.30. The van der Waals surface area contributed by atoms with Gasteiger partial charge in [0, 0.05) is 19.3 Å². The zero-order valence-corrected chi connectivity index (χ0v) is 37.7. The molecule has 326 valence electrons. The van der Waals surface area contributed by atoms with Crippen LogP contribution in [0.2, 0.25) is 0 Å². The average molecular weight is 779 g/mol. The van der Waals surface area contributed by atoms with E-state index in [1.165, 1.54) is 141 Å². The fourth-order valence-corrected chi connectivity index (χ4v) is 7.17. The first-order chi connectivity index (χ1) is 26.7. The molecule has 55 heavy (non-hydrogen) atoms. The fourth-order valence-electron chi connectivity index (χ4n) is 7.17. The number of hydrogen-bond acceptors (Lipinski definition) is 6. The zero-order chi connectivity index (χ0) is 40.6. The van der Waals surface area contributed by atoms with E-state index in [2.05, 4.69) is 41.5 Å². The number of hydrogen-bond donors (Lipinski definition) is 0. The lowest BCUT2D eigenvalue weighted by molar-refractivity contribution is -0.167. The van der Waals surface area contributed by atoms with Gasteiger partial charge in [0.2, 0.25) is 0 Å². The van der Waals surface area contributed by atoms with Gasteiger partial charge in [0.05, 0.1) is 0 Å². The molecule has 0 aromatic carbocycles. The molecule has 0 aliphatic heterocycles.